The minimum atomic E-state index is -1.08. The number of hydrogen-bond donors (Lipinski definition) is 1. The van der Waals surface area contributed by atoms with Crippen molar-refractivity contribution >= 4 is 34.2 Å². The molecular weight excluding hydrogens is 535 g/mol. The first-order chi connectivity index (χ1) is 20.3. The number of hydrogen-bond acceptors (Lipinski definition) is 6. The van der Waals surface area contributed by atoms with Crippen LogP contribution >= 0.6 is 0 Å². The molecule has 2 amide bonds. The van der Waals surface area contributed by atoms with Gasteiger partial charge in [-0.1, -0.05) is 41.6 Å². The number of anilines is 2. The van der Waals surface area contributed by atoms with Gasteiger partial charge in [0.1, 0.15) is 29.7 Å². The van der Waals surface area contributed by atoms with Crippen molar-refractivity contribution in [2.45, 2.75) is 19.1 Å². The van der Waals surface area contributed by atoms with Crippen LogP contribution in [0.1, 0.15) is 17.2 Å². The molecule has 0 aliphatic rings. The lowest BCUT2D eigenvalue weighted by Gasteiger charge is -2.32. The fourth-order valence-electron chi connectivity index (χ4n) is 4.68. The second kappa shape index (κ2) is 12.5. The molecule has 214 valence electrons. The van der Waals surface area contributed by atoms with Crippen molar-refractivity contribution in [2.75, 3.05) is 31.4 Å². The Morgan fingerprint density at radius 2 is 1.62 bits per heavy atom. The lowest BCUT2D eigenvalue weighted by atomic mass is 10.0. The Bertz CT molecular complexity index is 1670. The summed E-state index contributed by atoms with van der Waals surface area (Å²) < 4.78 is 20.8. The zero-order chi connectivity index (χ0) is 29.6. The summed E-state index contributed by atoms with van der Waals surface area (Å²) in [5.74, 6) is -0.586. The van der Waals surface area contributed by atoms with Gasteiger partial charge in [-0.2, -0.15) is 0 Å². The summed E-state index contributed by atoms with van der Waals surface area (Å²) in [6, 6.07) is 26.5. The summed E-state index contributed by atoms with van der Waals surface area (Å²) >= 11 is 0. The summed E-state index contributed by atoms with van der Waals surface area (Å²) in [6.45, 7) is -0.0519. The van der Waals surface area contributed by atoms with E-state index < -0.39 is 17.8 Å². The van der Waals surface area contributed by atoms with E-state index in [2.05, 4.69) is 15.6 Å². The maximum atomic E-state index is 14.1. The number of carbonyl (C=O) groups is 2. The third-order valence-corrected chi connectivity index (χ3v) is 6.93. The Morgan fingerprint density at radius 3 is 2.29 bits per heavy atom. The molecule has 0 spiro atoms. The second-order valence-corrected chi connectivity index (χ2v) is 9.99. The molecule has 0 saturated heterocycles. The standard InChI is InChI=1S/C32H31FN6O3/c1-37(2)26-16-14-25(15-17-26)34-32(41)31(23-10-12-24(33)13-11-23)38(20-22-8-18-27(42-3)19-9-22)30(40)21-39-29-7-5-4-6-28(29)35-36-39/h4-19,31H,20-21H2,1-3H3,(H,34,41). The molecule has 0 bridgehead atoms. The molecule has 10 heteroatoms. The third kappa shape index (κ3) is 6.38. The van der Waals surface area contributed by atoms with Gasteiger partial charge >= 0.3 is 0 Å². The molecule has 1 atom stereocenters. The van der Waals surface area contributed by atoms with E-state index in [0.717, 1.165) is 11.3 Å². The number of benzene rings is 4. The summed E-state index contributed by atoms with van der Waals surface area (Å²) in [5, 5.41) is 11.3. The highest BCUT2D eigenvalue weighted by Gasteiger charge is 2.32. The maximum Gasteiger partial charge on any atom is 0.251 e. The number of carbonyl (C=O) groups excluding carboxylic acids is 2. The molecule has 1 heterocycles. The van der Waals surface area contributed by atoms with Crippen molar-refractivity contribution in [1.29, 1.82) is 0 Å². The zero-order valence-corrected chi connectivity index (χ0v) is 23.6. The quantitative estimate of drug-likeness (QED) is 0.254. The van der Waals surface area contributed by atoms with E-state index in [0.29, 0.717) is 28.0 Å². The number of methoxy groups -OCH3 is 1. The number of para-hydroxylation sites is 1. The smallest absolute Gasteiger partial charge is 0.251 e. The summed E-state index contributed by atoms with van der Waals surface area (Å²) in [6.07, 6.45) is 0. The zero-order valence-electron chi connectivity index (χ0n) is 23.6. The molecular formula is C32H31FN6O3. The summed E-state index contributed by atoms with van der Waals surface area (Å²) in [7, 11) is 5.44. The summed E-state index contributed by atoms with van der Waals surface area (Å²) in [5.41, 5.74) is 4.13. The van der Waals surface area contributed by atoms with Crippen LogP contribution in [0.5, 0.6) is 5.75 Å². The van der Waals surface area contributed by atoms with E-state index >= 15 is 0 Å². The Hall–Kier alpha value is -5.25. The second-order valence-electron chi connectivity index (χ2n) is 9.99. The van der Waals surface area contributed by atoms with E-state index in [1.807, 2.05) is 67.5 Å². The highest BCUT2D eigenvalue weighted by Crippen LogP contribution is 2.28. The molecule has 1 N–H and O–H groups in total. The average molecular weight is 567 g/mol. The van der Waals surface area contributed by atoms with Crippen LogP contribution in [-0.2, 0) is 22.7 Å². The monoisotopic (exact) mass is 566 g/mol. The average Bonchev–Trinajstić information content (AvgIpc) is 3.41. The van der Waals surface area contributed by atoms with E-state index in [1.54, 1.807) is 31.4 Å². The molecule has 1 unspecified atom stereocenters. The van der Waals surface area contributed by atoms with E-state index in [9.17, 15) is 14.0 Å². The minimum absolute atomic E-state index is 0.102. The highest BCUT2D eigenvalue weighted by atomic mass is 19.1. The molecule has 0 aliphatic heterocycles. The van der Waals surface area contributed by atoms with Crippen LogP contribution in [0.25, 0.3) is 11.0 Å². The predicted octanol–water partition coefficient (Wildman–Crippen LogP) is 5.05. The van der Waals surface area contributed by atoms with Gasteiger partial charge in [-0.05, 0) is 71.8 Å². The van der Waals surface area contributed by atoms with E-state index in [-0.39, 0.29) is 19.0 Å². The molecule has 5 aromatic rings. The van der Waals surface area contributed by atoms with Crippen molar-refractivity contribution < 1.29 is 18.7 Å². The lowest BCUT2D eigenvalue weighted by molar-refractivity contribution is -0.140. The van der Waals surface area contributed by atoms with Gasteiger partial charge in [0.05, 0.1) is 12.6 Å². The summed E-state index contributed by atoms with van der Waals surface area (Å²) in [4.78, 5) is 31.5. The van der Waals surface area contributed by atoms with Crippen molar-refractivity contribution in [3.8, 4) is 5.75 Å². The number of nitrogens with one attached hydrogen (secondary N) is 1. The van der Waals surface area contributed by atoms with Gasteiger partial charge in [0.25, 0.3) is 5.91 Å². The van der Waals surface area contributed by atoms with Crippen LogP contribution in [0.3, 0.4) is 0 Å². The molecule has 1 aromatic heterocycles. The number of aromatic nitrogens is 3. The topological polar surface area (TPSA) is 92.6 Å². The molecule has 0 saturated carbocycles. The predicted molar refractivity (Wildman–Crippen MR) is 160 cm³/mol. The van der Waals surface area contributed by atoms with Crippen molar-refractivity contribution in [2.24, 2.45) is 0 Å². The molecule has 5 rings (SSSR count). The molecule has 0 fully saturated rings. The third-order valence-electron chi connectivity index (χ3n) is 6.93. The van der Waals surface area contributed by atoms with Crippen LogP contribution < -0.4 is 15.0 Å². The van der Waals surface area contributed by atoms with Gasteiger partial charge in [0.15, 0.2) is 0 Å². The van der Waals surface area contributed by atoms with Crippen LogP contribution in [0.4, 0.5) is 15.8 Å². The Balaban J connectivity index is 1.53. The fraction of sp³-hybridized carbons (Fsp3) is 0.188. The number of nitrogens with zero attached hydrogens (tertiary/aromatic N) is 5. The van der Waals surface area contributed by atoms with Gasteiger partial charge in [0.2, 0.25) is 5.91 Å². The van der Waals surface area contributed by atoms with Crippen LogP contribution in [0.15, 0.2) is 97.1 Å². The first-order valence-corrected chi connectivity index (χ1v) is 13.4. The lowest BCUT2D eigenvalue weighted by Crippen LogP contribution is -2.42. The van der Waals surface area contributed by atoms with Gasteiger partial charge in [-0.25, -0.2) is 9.07 Å². The van der Waals surface area contributed by atoms with Crippen LogP contribution in [-0.4, -0.2) is 52.9 Å². The molecule has 42 heavy (non-hydrogen) atoms. The van der Waals surface area contributed by atoms with Crippen molar-refractivity contribution in [1.82, 2.24) is 19.9 Å². The first-order valence-electron chi connectivity index (χ1n) is 13.4. The molecule has 0 radical (unpaired) electrons. The number of fused-ring (bicyclic) bond motifs is 1. The Kier molecular flexibility index (Phi) is 8.42. The Morgan fingerprint density at radius 1 is 0.929 bits per heavy atom. The number of rotatable bonds is 10. The van der Waals surface area contributed by atoms with Gasteiger partial charge < -0.3 is 19.9 Å². The molecule has 0 aliphatic carbocycles. The number of amides is 2. The van der Waals surface area contributed by atoms with Crippen molar-refractivity contribution in [3.05, 3.63) is 114 Å². The van der Waals surface area contributed by atoms with Crippen LogP contribution in [0, 0.1) is 5.82 Å². The van der Waals surface area contributed by atoms with Gasteiger partial charge in [-0.3, -0.25) is 9.59 Å². The first kappa shape index (κ1) is 28.3. The number of halogens is 1. The maximum absolute atomic E-state index is 14.1. The molecule has 4 aromatic carbocycles. The van der Waals surface area contributed by atoms with E-state index in [4.69, 9.17) is 4.74 Å². The van der Waals surface area contributed by atoms with Gasteiger partial charge in [0, 0.05) is 32.0 Å². The van der Waals surface area contributed by atoms with Crippen molar-refractivity contribution in [3.63, 3.8) is 0 Å². The normalized spacial score (nSPS) is 11.6. The van der Waals surface area contributed by atoms with Crippen LogP contribution in [0.2, 0.25) is 0 Å². The highest BCUT2D eigenvalue weighted by molar-refractivity contribution is 5.98. The number of ether oxygens (including phenoxy) is 1. The van der Waals surface area contributed by atoms with Gasteiger partial charge in [-0.15, -0.1) is 5.10 Å². The van der Waals surface area contributed by atoms with E-state index in [1.165, 1.54) is 33.8 Å². The fourth-order valence-corrected chi connectivity index (χ4v) is 4.68. The minimum Gasteiger partial charge on any atom is -0.497 e. The molecule has 9 nitrogen and oxygen atoms in total. The Labute approximate surface area is 243 Å². The largest absolute Gasteiger partial charge is 0.497 e. The SMILES string of the molecule is COc1ccc(CN(C(=O)Cn2nnc3ccccc32)C(C(=O)Nc2ccc(N(C)C)cc2)c2ccc(F)cc2)cc1.